The lowest BCUT2D eigenvalue weighted by Gasteiger charge is -2.06. The molecule has 0 bridgehead atoms. The van der Waals surface area contributed by atoms with E-state index in [-0.39, 0.29) is 23.4 Å². The van der Waals surface area contributed by atoms with Crippen molar-refractivity contribution in [1.82, 2.24) is 24.9 Å². The van der Waals surface area contributed by atoms with Crippen LogP contribution in [-0.4, -0.2) is 37.9 Å². The fourth-order valence-electron chi connectivity index (χ4n) is 1.93. The molecule has 2 aromatic rings. The lowest BCUT2D eigenvalue weighted by molar-refractivity contribution is -0.118. The molecule has 8 heteroatoms. The SMILES string of the molecule is CC(C)C(=O)Nc1cc(C(=O)NCCCn2cccn2)nn1C. The Kier molecular flexibility index (Phi) is 5.51. The number of aryl methyl sites for hydroxylation is 2. The van der Waals surface area contributed by atoms with Crippen LogP contribution >= 0.6 is 0 Å². The van der Waals surface area contributed by atoms with Crippen LogP contribution in [0, 0.1) is 5.92 Å². The van der Waals surface area contributed by atoms with E-state index in [0.29, 0.717) is 12.4 Å². The fourth-order valence-corrected chi connectivity index (χ4v) is 1.93. The third-order valence-electron chi connectivity index (χ3n) is 3.30. The lowest BCUT2D eigenvalue weighted by Crippen LogP contribution is -2.25. The van der Waals surface area contributed by atoms with Crippen LogP contribution in [0.2, 0.25) is 0 Å². The number of aromatic nitrogens is 4. The first kappa shape index (κ1) is 16.7. The predicted octanol–water partition coefficient (Wildman–Crippen LogP) is 1.03. The maximum atomic E-state index is 12.1. The molecule has 124 valence electrons. The molecule has 0 saturated carbocycles. The van der Waals surface area contributed by atoms with Crippen LogP contribution in [0.15, 0.2) is 24.5 Å². The Hall–Kier alpha value is -2.64. The molecule has 0 aliphatic heterocycles. The third kappa shape index (κ3) is 4.67. The van der Waals surface area contributed by atoms with E-state index >= 15 is 0 Å². The summed E-state index contributed by atoms with van der Waals surface area (Å²) in [5, 5.41) is 13.8. The van der Waals surface area contributed by atoms with Gasteiger partial charge >= 0.3 is 0 Å². The number of hydrogen-bond donors (Lipinski definition) is 2. The number of carbonyl (C=O) groups is 2. The van der Waals surface area contributed by atoms with Crippen LogP contribution in [0.3, 0.4) is 0 Å². The van der Waals surface area contributed by atoms with Gasteiger partial charge in [-0.25, -0.2) is 0 Å². The second-order valence-electron chi connectivity index (χ2n) is 5.56. The van der Waals surface area contributed by atoms with E-state index in [1.165, 1.54) is 4.68 Å². The predicted molar refractivity (Wildman–Crippen MR) is 85.9 cm³/mol. The molecule has 0 spiro atoms. The Balaban J connectivity index is 1.83. The van der Waals surface area contributed by atoms with E-state index in [4.69, 9.17) is 0 Å². The minimum Gasteiger partial charge on any atom is -0.351 e. The topological polar surface area (TPSA) is 93.8 Å². The van der Waals surface area contributed by atoms with Gasteiger partial charge < -0.3 is 10.6 Å². The van der Waals surface area contributed by atoms with E-state index in [0.717, 1.165) is 13.0 Å². The Morgan fingerprint density at radius 2 is 2.13 bits per heavy atom. The van der Waals surface area contributed by atoms with Gasteiger partial charge in [-0.1, -0.05) is 13.8 Å². The molecule has 2 N–H and O–H groups in total. The standard InChI is InChI=1S/C15H22N6O2/c1-11(2)14(22)18-13-10-12(19-20(13)3)15(23)16-6-4-8-21-9-5-7-17-21/h5,7,9-11H,4,6,8H2,1-3H3,(H,16,23)(H,18,22). The number of rotatable bonds is 7. The zero-order chi connectivity index (χ0) is 16.8. The van der Waals surface area contributed by atoms with E-state index < -0.39 is 0 Å². The van der Waals surface area contributed by atoms with Crippen molar-refractivity contribution in [2.45, 2.75) is 26.8 Å². The van der Waals surface area contributed by atoms with Gasteiger partial charge in [0.15, 0.2) is 5.69 Å². The monoisotopic (exact) mass is 318 g/mol. The maximum Gasteiger partial charge on any atom is 0.271 e. The maximum absolute atomic E-state index is 12.1. The molecule has 8 nitrogen and oxygen atoms in total. The van der Waals surface area contributed by atoms with Gasteiger partial charge in [0.1, 0.15) is 5.82 Å². The first-order valence-corrected chi connectivity index (χ1v) is 7.58. The van der Waals surface area contributed by atoms with Crippen molar-refractivity contribution < 1.29 is 9.59 Å². The first-order chi connectivity index (χ1) is 11.0. The summed E-state index contributed by atoms with van der Waals surface area (Å²) in [5.74, 6) is 0.000144. The van der Waals surface area contributed by atoms with Gasteiger partial charge in [0.05, 0.1) is 0 Å². The summed E-state index contributed by atoms with van der Waals surface area (Å²) >= 11 is 0. The molecule has 2 rings (SSSR count). The summed E-state index contributed by atoms with van der Waals surface area (Å²) in [7, 11) is 1.68. The van der Waals surface area contributed by atoms with Crippen molar-refractivity contribution in [3.8, 4) is 0 Å². The van der Waals surface area contributed by atoms with Gasteiger partial charge in [-0.15, -0.1) is 0 Å². The van der Waals surface area contributed by atoms with Crippen molar-refractivity contribution in [3.63, 3.8) is 0 Å². The van der Waals surface area contributed by atoms with Crippen LogP contribution < -0.4 is 10.6 Å². The molecule has 0 fully saturated rings. The first-order valence-electron chi connectivity index (χ1n) is 7.58. The zero-order valence-electron chi connectivity index (χ0n) is 13.6. The molecule has 23 heavy (non-hydrogen) atoms. The zero-order valence-corrected chi connectivity index (χ0v) is 13.6. The van der Waals surface area contributed by atoms with Crippen LogP contribution in [0.1, 0.15) is 30.8 Å². The molecule has 0 aromatic carbocycles. The number of nitrogens with one attached hydrogen (secondary N) is 2. The molecule has 0 unspecified atom stereocenters. The molecule has 0 saturated heterocycles. The molecule has 2 aromatic heterocycles. The van der Waals surface area contributed by atoms with Crippen LogP contribution in [0.4, 0.5) is 5.82 Å². The van der Waals surface area contributed by atoms with Crippen LogP contribution in [0.5, 0.6) is 0 Å². The summed E-state index contributed by atoms with van der Waals surface area (Å²) in [6.45, 7) is 4.88. The number of hydrogen-bond acceptors (Lipinski definition) is 4. The highest BCUT2D eigenvalue weighted by molar-refractivity contribution is 5.95. The van der Waals surface area contributed by atoms with E-state index in [2.05, 4.69) is 20.8 Å². The smallest absolute Gasteiger partial charge is 0.271 e. The van der Waals surface area contributed by atoms with Crippen molar-refractivity contribution in [2.75, 3.05) is 11.9 Å². The highest BCUT2D eigenvalue weighted by Crippen LogP contribution is 2.10. The molecule has 2 heterocycles. The number of amides is 2. The third-order valence-corrected chi connectivity index (χ3v) is 3.30. The summed E-state index contributed by atoms with van der Waals surface area (Å²) in [4.78, 5) is 23.8. The molecule has 0 aliphatic rings. The van der Waals surface area contributed by atoms with Gasteiger partial charge in [0, 0.05) is 44.5 Å². The quantitative estimate of drug-likeness (QED) is 0.746. The Morgan fingerprint density at radius 1 is 1.35 bits per heavy atom. The van der Waals surface area contributed by atoms with Crippen LogP contribution in [-0.2, 0) is 18.4 Å². The molecule has 0 atom stereocenters. The summed E-state index contributed by atoms with van der Waals surface area (Å²) in [5.41, 5.74) is 0.283. The molecule has 0 radical (unpaired) electrons. The Labute approximate surface area is 134 Å². The van der Waals surface area contributed by atoms with Gasteiger partial charge in [-0.2, -0.15) is 10.2 Å². The van der Waals surface area contributed by atoms with E-state index in [1.54, 1.807) is 33.2 Å². The number of nitrogens with zero attached hydrogens (tertiary/aromatic N) is 4. The average molecular weight is 318 g/mol. The molecular formula is C15H22N6O2. The number of carbonyl (C=O) groups excluding carboxylic acids is 2. The lowest BCUT2D eigenvalue weighted by atomic mass is 10.2. The molecular weight excluding hydrogens is 296 g/mol. The van der Waals surface area contributed by atoms with E-state index in [9.17, 15) is 9.59 Å². The second-order valence-corrected chi connectivity index (χ2v) is 5.56. The van der Waals surface area contributed by atoms with Crippen LogP contribution in [0.25, 0.3) is 0 Å². The minimum absolute atomic E-state index is 0.112. The Bertz CT molecular complexity index is 660. The Morgan fingerprint density at radius 3 is 2.78 bits per heavy atom. The molecule has 0 aliphatic carbocycles. The van der Waals surface area contributed by atoms with Gasteiger partial charge in [-0.05, 0) is 12.5 Å². The fraction of sp³-hybridized carbons (Fsp3) is 0.467. The van der Waals surface area contributed by atoms with Gasteiger partial charge in [0.2, 0.25) is 5.91 Å². The van der Waals surface area contributed by atoms with Gasteiger partial charge in [-0.3, -0.25) is 19.0 Å². The second kappa shape index (κ2) is 7.57. The summed E-state index contributed by atoms with van der Waals surface area (Å²) in [6.07, 6.45) is 4.38. The summed E-state index contributed by atoms with van der Waals surface area (Å²) < 4.78 is 3.30. The van der Waals surface area contributed by atoms with Crippen molar-refractivity contribution in [2.24, 2.45) is 13.0 Å². The highest BCUT2D eigenvalue weighted by Gasteiger charge is 2.15. The number of anilines is 1. The average Bonchev–Trinajstić information content (AvgIpc) is 3.14. The summed E-state index contributed by atoms with van der Waals surface area (Å²) in [6, 6.07) is 3.43. The molecule has 2 amide bonds. The van der Waals surface area contributed by atoms with Crippen molar-refractivity contribution in [3.05, 3.63) is 30.2 Å². The minimum atomic E-state index is -0.258. The van der Waals surface area contributed by atoms with Gasteiger partial charge in [0.25, 0.3) is 5.91 Å². The normalized spacial score (nSPS) is 10.8. The highest BCUT2D eigenvalue weighted by atomic mass is 16.2. The largest absolute Gasteiger partial charge is 0.351 e. The van der Waals surface area contributed by atoms with E-state index in [1.807, 2.05) is 16.9 Å². The van der Waals surface area contributed by atoms with Crippen molar-refractivity contribution in [1.29, 1.82) is 0 Å². The van der Waals surface area contributed by atoms with Crippen molar-refractivity contribution >= 4 is 17.6 Å².